The van der Waals surface area contributed by atoms with Crippen LogP contribution in [0.1, 0.15) is 20.3 Å². The number of hydrogen-bond acceptors (Lipinski definition) is 5. The van der Waals surface area contributed by atoms with E-state index in [-0.39, 0.29) is 5.91 Å². The number of rotatable bonds is 5. The lowest BCUT2D eigenvalue weighted by Gasteiger charge is -2.25. The van der Waals surface area contributed by atoms with Crippen LogP contribution in [0.3, 0.4) is 0 Å². The van der Waals surface area contributed by atoms with Crippen LogP contribution in [0.25, 0.3) is 0 Å². The minimum atomic E-state index is 0.209. The molecule has 0 bridgehead atoms. The minimum absolute atomic E-state index is 0.209. The zero-order chi connectivity index (χ0) is 15.9. The van der Waals surface area contributed by atoms with Gasteiger partial charge in [-0.05, 0) is 20.3 Å². The first-order valence-electron chi connectivity index (χ1n) is 7.86. The van der Waals surface area contributed by atoms with E-state index in [1.807, 2.05) is 18.7 Å². The lowest BCUT2D eigenvalue weighted by molar-refractivity contribution is -0.132. The Morgan fingerprint density at radius 1 is 1.18 bits per heavy atom. The van der Waals surface area contributed by atoms with Gasteiger partial charge in [-0.1, -0.05) is 11.6 Å². The summed E-state index contributed by atoms with van der Waals surface area (Å²) in [6.07, 6.45) is 4.24. The molecule has 22 heavy (non-hydrogen) atoms. The van der Waals surface area contributed by atoms with Gasteiger partial charge in [-0.15, -0.1) is 0 Å². The van der Waals surface area contributed by atoms with Gasteiger partial charge < -0.3 is 9.80 Å². The molecule has 0 aromatic carbocycles. The average molecular weight is 326 g/mol. The lowest BCUT2D eigenvalue weighted by Crippen LogP contribution is -2.41. The van der Waals surface area contributed by atoms with Gasteiger partial charge in [0.1, 0.15) is 0 Å². The van der Waals surface area contributed by atoms with Crippen molar-refractivity contribution in [3.63, 3.8) is 0 Å². The molecule has 1 aliphatic rings. The van der Waals surface area contributed by atoms with Crippen LogP contribution in [0, 0.1) is 0 Å². The second-order valence-electron chi connectivity index (χ2n) is 5.38. The highest BCUT2D eigenvalue weighted by Gasteiger charge is 2.20. The van der Waals surface area contributed by atoms with Crippen molar-refractivity contribution in [2.45, 2.75) is 20.3 Å². The van der Waals surface area contributed by atoms with Crippen LogP contribution in [0.5, 0.6) is 0 Å². The fraction of sp³-hybridized carbons (Fsp3) is 0.667. The molecule has 0 radical (unpaired) electrons. The lowest BCUT2D eigenvalue weighted by atomic mass is 10.3. The molecule has 1 aliphatic heterocycles. The Hall–Kier alpha value is -1.40. The number of halogens is 1. The third-order valence-electron chi connectivity index (χ3n) is 3.95. The molecule has 0 N–H and O–H groups in total. The Kier molecular flexibility index (Phi) is 6.39. The summed E-state index contributed by atoms with van der Waals surface area (Å²) in [5.74, 6) is 0.919. The molecule has 0 spiro atoms. The molecule has 7 heteroatoms. The fourth-order valence-corrected chi connectivity index (χ4v) is 2.76. The van der Waals surface area contributed by atoms with Gasteiger partial charge in [0.25, 0.3) is 0 Å². The topological polar surface area (TPSA) is 52.6 Å². The second kappa shape index (κ2) is 8.29. The predicted molar refractivity (Wildman–Crippen MR) is 88.2 cm³/mol. The average Bonchev–Trinajstić information content (AvgIpc) is 2.75. The highest BCUT2D eigenvalue weighted by atomic mass is 35.5. The molecule has 1 fully saturated rings. The first kappa shape index (κ1) is 17.0. The van der Waals surface area contributed by atoms with Gasteiger partial charge in [-0.25, -0.2) is 9.97 Å². The molecule has 0 saturated carbocycles. The number of amides is 1. The van der Waals surface area contributed by atoms with Crippen molar-refractivity contribution in [2.24, 2.45) is 0 Å². The molecule has 1 amide bonds. The van der Waals surface area contributed by atoms with Gasteiger partial charge in [-0.3, -0.25) is 9.69 Å². The predicted octanol–water partition coefficient (Wildman–Crippen LogP) is 1.51. The Labute approximate surface area is 137 Å². The third kappa shape index (κ3) is 4.55. The summed E-state index contributed by atoms with van der Waals surface area (Å²) >= 11 is 5.83. The van der Waals surface area contributed by atoms with Gasteiger partial charge in [-0.2, -0.15) is 0 Å². The number of likely N-dealkylation sites (N-methyl/N-ethyl adjacent to an activating group) is 1. The summed E-state index contributed by atoms with van der Waals surface area (Å²) in [6.45, 7) is 9.58. The van der Waals surface area contributed by atoms with E-state index < -0.39 is 0 Å². The zero-order valence-corrected chi connectivity index (χ0v) is 14.1. The van der Waals surface area contributed by atoms with E-state index in [4.69, 9.17) is 11.6 Å². The van der Waals surface area contributed by atoms with Crippen molar-refractivity contribution < 1.29 is 4.79 Å². The van der Waals surface area contributed by atoms with Crippen LogP contribution in [0.15, 0.2) is 12.4 Å². The van der Waals surface area contributed by atoms with E-state index in [0.717, 1.165) is 45.7 Å². The molecule has 0 aliphatic carbocycles. The summed E-state index contributed by atoms with van der Waals surface area (Å²) in [4.78, 5) is 27.0. The molecule has 2 heterocycles. The van der Waals surface area contributed by atoms with E-state index in [2.05, 4.69) is 19.8 Å². The van der Waals surface area contributed by atoms with Gasteiger partial charge in [0.15, 0.2) is 0 Å². The quantitative estimate of drug-likeness (QED) is 0.821. The largest absolute Gasteiger partial charge is 0.342 e. The fourth-order valence-electron chi connectivity index (χ4n) is 2.67. The van der Waals surface area contributed by atoms with Crippen LogP contribution >= 0.6 is 11.6 Å². The van der Waals surface area contributed by atoms with Gasteiger partial charge >= 0.3 is 0 Å². The Bertz CT molecular complexity index is 477. The van der Waals surface area contributed by atoms with Crippen molar-refractivity contribution in [3.05, 3.63) is 17.4 Å². The van der Waals surface area contributed by atoms with Crippen LogP contribution < -0.4 is 4.90 Å². The number of aromatic nitrogens is 2. The second-order valence-corrected chi connectivity index (χ2v) is 5.82. The van der Waals surface area contributed by atoms with Crippen molar-refractivity contribution in [1.82, 2.24) is 19.8 Å². The molecule has 2 rings (SSSR count). The Morgan fingerprint density at radius 3 is 2.50 bits per heavy atom. The number of anilines is 1. The van der Waals surface area contributed by atoms with Crippen LogP contribution in [0.2, 0.25) is 5.02 Å². The highest BCUT2D eigenvalue weighted by molar-refractivity contribution is 6.30. The highest BCUT2D eigenvalue weighted by Crippen LogP contribution is 2.13. The monoisotopic (exact) mass is 325 g/mol. The summed E-state index contributed by atoms with van der Waals surface area (Å²) in [6, 6.07) is 0. The Balaban J connectivity index is 1.89. The van der Waals surface area contributed by atoms with Crippen molar-refractivity contribution >= 4 is 23.5 Å². The normalized spacial score (nSPS) is 16.4. The first-order valence-corrected chi connectivity index (χ1v) is 8.24. The first-order chi connectivity index (χ1) is 10.6. The molecule has 6 nitrogen and oxygen atoms in total. The Morgan fingerprint density at radius 2 is 1.86 bits per heavy atom. The molecule has 1 aromatic heterocycles. The third-order valence-corrected chi connectivity index (χ3v) is 4.15. The molecule has 122 valence electrons. The summed E-state index contributed by atoms with van der Waals surface area (Å²) < 4.78 is 0. The van der Waals surface area contributed by atoms with Gasteiger partial charge in [0.2, 0.25) is 11.9 Å². The molecular formula is C15H24ClN5O. The van der Waals surface area contributed by atoms with Crippen LogP contribution in [-0.4, -0.2) is 71.5 Å². The molecule has 0 atom stereocenters. The maximum atomic E-state index is 12.2. The molecule has 1 aromatic rings. The number of hydrogen-bond donors (Lipinski definition) is 0. The zero-order valence-electron chi connectivity index (χ0n) is 13.3. The molecule has 1 saturated heterocycles. The smallest absolute Gasteiger partial charge is 0.236 e. The van der Waals surface area contributed by atoms with Crippen molar-refractivity contribution in [1.29, 1.82) is 0 Å². The van der Waals surface area contributed by atoms with Crippen LogP contribution in [0.4, 0.5) is 5.95 Å². The SMILES string of the molecule is CCN(CC)C(=O)CN1CCCN(c2ncc(Cl)cn2)CC1. The number of carbonyl (C=O) groups excluding carboxylic acids is 1. The summed E-state index contributed by atoms with van der Waals surface area (Å²) in [5.41, 5.74) is 0. The molecular weight excluding hydrogens is 302 g/mol. The van der Waals surface area contributed by atoms with Crippen molar-refractivity contribution in [2.75, 3.05) is 50.7 Å². The minimum Gasteiger partial charge on any atom is -0.342 e. The van der Waals surface area contributed by atoms with Gasteiger partial charge in [0, 0.05) is 39.3 Å². The standard InChI is InChI=1S/C15H24ClN5O/c1-3-20(4-2)14(22)12-19-6-5-7-21(9-8-19)15-17-10-13(16)11-18-15/h10-11H,3-9,12H2,1-2H3. The van der Waals surface area contributed by atoms with Gasteiger partial charge in [0.05, 0.1) is 24.0 Å². The maximum absolute atomic E-state index is 12.2. The van der Waals surface area contributed by atoms with E-state index in [9.17, 15) is 4.79 Å². The van der Waals surface area contributed by atoms with E-state index in [1.54, 1.807) is 12.4 Å². The van der Waals surface area contributed by atoms with Crippen molar-refractivity contribution in [3.8, 4) is 0 Å². The summed E-state index contributed by atoms with van der Waals surface area (Å²) in [7, 11) is 0. The maximum Gasteiger partial charge on any atom is 0.236 e. The number of carbonyl (C=O) groups is 1. The van der Waals surface area contributed by atoms with E-state index >= 15 is 0 Å². The molecule has 0 unspecified atom stereocenters. The van der Waals surface area contributed by atoms with Crippen LogP contribution in [-0.2, 0) is 4.79 Å². The van der Waals surface area contributed by atoms with E-state index in [0.29, 0.717) is 17.5 Å². The summed E-state index contributed by atoms with van der Waals surface area (Å²) in [5, 5.41) is 0.546. The number of nitrogens with zero attached hydrogens (tertiary/aromatic N) is 5. The van der Waals surface area contributed by atoms with E-state index in [1.165, 1.54) is 0 Å².